The fourth-order valence-corrected chi connectivity index (χ4v) is 3.74. The van der Waals surface area contributed by atoms with Crippen LogP contribution in [0.5, 0.6) is 0 Å². The monoisotopic (exact) mass is 382 g/mol. The maximum Gasteiger partial charge on any atom is 0.229 e. The molecule has 0 bridgehead atoms. The number of aryl methyl sites for hydroxylation is 1. The third-order valence-electron chi connectivity index (χ3n) is 5.29. The van der Waals surface area contributed by atoms with Crippen LogP contribution in [-0.2, 0) is 4.74 Å². The van der Waals surface area contributed by atoms with E-state index >= 15 is 0 Å². The van der Waals surface area contributed by atoms with E-state index in [1.54, 1.807) is 0 Å². The zero-order valence-corrected chi connectivity index (χ0v) is 16.7. The summed E-state index contributed by atoms with van der Waals surface area (Å²) < 4.78 is 5.39. The van der Waals surface area contributed by atoms with Gasteiger partial charge in [-0.25, -0.2) is 4.98 Å². The second-order valence-corrected chi connectivity index (χ2v) is 7.46. The Morgan fingerprint density at radius 3 is 2.50 bits per heavy atom. The zero-order chi connectivity index (χ0) is 19.2. The van der Waals surface area contributed by atoms with Gasteiger partial charge in [0.1, 0.15) is 5.82 Å². The lowest BCUT2D eigenvalue weighted by Crippen LogP contribution is -2.39. The van der Waals surface area contributed by atoms with E-state index in [1.807, 2.05) is 13.0 Å². The molecule has 3 heterocycles. The number of hydrogen-bond donors (Lipinski definition) is 2. The van der Waals surface area contributed by atoms with Gasteiger partial charge >= 0.3 is 0 Å². The van der Waals surface area contributed by atoms with Gasteiger partial charge in [-0.3, -0.25) is 4.90 Å². The van der Waals surface area contributed by atoms with Crippen LogP contribution < -0.4 is 15.5 Å². The summed E-state index contributed by atoms with van der Waals surface area (Å²) in [7, 11) is 0. The van der Waals surface area contributed by atoms with E-state index in [-0.39, 0.29) is 0 Å². The van der Waals surface area contributed by atoms with Gasteiger partial charge in [-0.1, -0.05) is 0 Å². The van der Waals surface area contributed by atoms with E-state index in [0.29, 0.717) is 5.95 Å². The lowest BCUT2D eigenvalue weighted by atomic mass is 10.2. The first kappa shape index (κ1) is 19.0. The molecule has 0 amide bonds. The molecular formula is C21H30N6O. The van der Waals surface area contributed by atoms with Crippen molar-refractivity contribution in [3.05, 3.63) is 36.0 Å². The molecule has 0 atom stereocenters. The molecule has 2 N–H and O–H groups in total. The molecule has 2 saturated heterocycles. The number of aromatic nitrogens is 2. The molecule has 7 nitrogen and oxygen atoms in total. The van der Waals surface area contributed by atoms with Gasteiger partial charge in [0.15, 0.2) is 0 Å². The minimum atomic E-state index is 0.628. The molecule has 0 aliphatic carbocycles. The second kappa shape index (κ2) is 9.21. The Labute approximate surface area is 167 Å². The number of morpholine rings is 1. The third kappa shape index (κ3) is 5.11. The minimum absolute atomic E-state index is 0.628. The van der Waals surface area contributed by atoms with Gasteiger partial charge in [0.25, 0.3) is 0 Å². The van der Waals surface area contributed by atoms with E-state index < -0.39 is 0 Å². The number of hydrogen-bond acceptors (Lipinski definition) is 7. The first-order valence-electron chi connectivity index (χ1n) is 10.3. The molecular weight excluding hydrogens is 352 g/mol. The first-order chi connectivity index (χ1) is 13.8. The fraction of sp³-hybridized carbons (Fsp3) is 0.524. The van der Waals surface area contributed by atoms with Crippen LogP contribution in [0.25, 0.3) is 0 Å². The normalized spacial score (nSPS) is 17.7. The van der Waals surface area contributed by atoms with Crippen LogP contribution in [0.2, 0.25) is 0 Å². The Morgan fingerprint density at radius 2 is 1.75 bits per heavy atom. The molecule has 2 fully saturated rings. The highest BCUT2D eigenvalue weighted by atomic mass is 16.5. The van der Waals surface area contributed by atoms with Gasteiger partial charge < -0.3 is 20.3 Å². The number of anilines is 4. The SMILES string of the molecule is Cc1cc(NCCN2CCOCC2)nc(Nc2ccc(N3CCCC3)cc2)n1. The largest absolute Gasteiger partial charge is 0.379 e. The number of nitrogens with one attached hydrogen (secondary N) is 2. The van der Waals surface area contributed by atoms with E-state index in [2.05, 4.69) is 54.7 Å². The summed E-state index contributed by atoms with van der Waals surface area (Å²) in [6, 6.07) is 10.5. The number of nitrogens with zero attached hydrogens (tertiary/aromatic N) is 4. The van der Waals surface area contributed by atoms with Crippen LogP contribution in [-0.4, -0.2) is 67.4 Å². The zero-order valence-electron chi connectivity index (χ0n) is 16.7. The number of ether oxygens (including phenoxy) is 1. The molecule has 2 aliphatic rings. The number of benzene rings is 1. The van der Waals surface area contributed by atoms with Gasteiger partial charge in [-0.15, -0.1) is 0 Å². The molecule has 1 aromatic carbocycles. The Morgan fingerprint density at radius 1 is 1.00 bits per heavy atom. The van der Waals surface area contributed by atoms with E-state index in [1.165, 1.54) is 18.5 Å². The number of rotatable bonds is 7. The smallest absolute Gasteiger partial charge is 0.229 e. The maximum atomic E-state index is 5.39. The molecule has 1 aromatic heterocycles. The molecule has 2 aromatic rings. The van der Waals surface area contributed by atoms with Gasteiger partial charge in [0.05, 0.1) is 13.2 Å². The van der Waals surface area contributed by atoms with Crippen molar-refractivity contribution < 1.29 is 4.74 Å². The molecule has 2 aliphatic heterocycles. The van der Waals surface area contributed by atoms with Gasteiger partial charge in [0, 0.05) is 62.4 Å². The highest BCUT2D eigenvalue weighted by Gasteiger charge is 2.12. The van der Waals surface area contributed by atoms with Crippen LogP contribution in [0.3, 0.4) is 0 Å². The van der Waals surface area contributed by atoms with Gasteiger partial charge in [-0.05, 0) is 44.0 Å². The summed E-state index contributed by atoms with van der Waals surface area (Å²) in [5, 5.41) is 6.76. The van der Waals surface area contributed by atoms with Crippen molar-refractivity contribution in [1.82, 2.24) is 14.9 Å². The molecule has 28 heavy (non-hydrogen) atoms. The van der Waals surface area contributed by atoms with Crippen molar-refractivity contribution in [3.63, 3.8) is 0 Å². The van der Waals surface area contributed by atoms with Crippen LogP contribution in [0.15, 0.2) is 30.3 Å². The van der Waals surface area contributed by atoms with E-state index in [9.17, 15) is 0 Å². The summed E-state index contributed by atoms with van der Waals surface area (Å²) in [5.41, 5.74) is 3.24. The van der Waals surface area contributed by atoms with Crippen molar-refractivity contribution in [3.8, 4) is 0 Å². The van der Waals surface area contributed by atoms with Crippen molar-refractivity contribution in [2.45, 2.75) is 19.8 Å². The minimum Gasteiger partial charge on any atom is -0.379 e. The molecule has 150 valence electrons. The van der Waals surface area contributed by atoms with Crippen LogP contribution in [0.1, 0.15) is 18.5 Å². The molecule has 0 unspecified atom stereocenters. The van der Waals surface area contributed by atoms with Crippen molar-refractivity contribution in [2.24, 2.45) is 0 Å². The van der Waals surface area contributed by atoms with Crippen molar-refractivity contribution in [2.75, 3.05) is 68.0 Å². The quantitative estimate of drug-likeness (QED) is 0.763. The molecule has 4 rings (SSSR count). The molecule has 0 saturated carbocycles. The second-order valence-electron chi connectivity index (χ2n) is 7.46. The van der Waals surface area contributed by atoms with Crippen molar-refractivity contribution in [1.29, 1.82) is 0 Å². The topological polar surface area (TPSA) is 65.6 Å². The summed E-state index contributed by atoms with van der Waals surface area (Å²) in [6.45, 7) is 9.84. The molecule has 0 radical (unpaired) electrons. The first-order valence-corrected chi connectivity index (χ1v) is 10.3. The van der Waals surface area contributed by atoms with Crippen LogP contribution in [0, 0.1) is 6.92 Å². The maximum absolute atomic E-state index is 5.39. The Bertz CT molecular complexity index is 754. The van der Waals surface area contributed by atoms with Crippen LogP contribution >= 0.6 is 0 Å². The van der Waals surface area contributed by atoms with Gasteiger partial charge in [0.2, 0.25) is 5.95 Å². The Kier molecular flexibility index (Phi) is 6.24. The van der Waals surface area contributed by atoms with E-state index in [0.717, 1.165) is 69.7 Å². The summed E-state index contributed by atoms with van der Waals surface area (Å²) in [4.78, 5) is 14.0. The van der Waals surface area contributed by atoms with Gasteiger partial charge in [-0.2, -0.15) is 4.98 Å². The van der Waals surface area contributed by atoms with Crippen LogP contribution in [0.4, 0.5) is 23.1 Å². The van der Waals surface area contributed by atoms with E-state index in [4.69, 9.17) is 4.74 Å². The lowest BCUT2D eigenvalue weighted by molar-refractivity contribution is 0.0398. The van der Waals surface area contributed by atoms with Crippen molar-refractivity contribution >= 4 is 23.1 Å². The molecule has 0 spiro atoms. The summed E-state index contributed by atoms with van der Waals surface area (Å²) in [6.07, 6.45) is 2.58. The Balaban J connectivity index is 1.33. The fourth-order valence-electron chi connectivity index (χ4n) is 3.74. The lowest BCUT2D eigenvalue weighted by Gasteiger charge is -2.26. The highest BCUT2D eigenvalue weighted by molar-refractivity contribution is 5.60. The predicted molar refractivity (Wildman–Crippen MR) is 114 cm³/mol. The highest BCUT2D eigenvalue weighted by Crippen LogP contribution is 2.23. The average Bonchev–Trinajstić information content (AvgIpc) is 3.24. The summed E-state index contributed by atoms with van der Waals surface area (Å²) in [5.74, 6) is 1.49. The summed E-state index contributed by atoms with van der Waals surface area (Å²) >= 11 is 0. The molecule has 7 heteroatoms. The third-order valence-corrected chi connectivity index (χ3v) is 5.29. The predicted octanol–water partition coefficient (Wildman–Crippen LogP) is 2.87. The standard InChI is InChI=1S/C21H30N6O/c1-17-16-20(22-8-11-26-12-14-28-15-13-26)25-21(23-17)24-18-4-6-19(7-5-18)27-9-2-3-10-27/h4-7,16H,2-3,8-15H2,1H3,(H2,22,23,24,25). The Hall–Kier alpha value is -2.38. The average molecular weight is 383 g/mol.